The minimum absolute atomic E-state index is 0.00548. The molecule has 4 nitrogen and oxygen atoms in total. The molecule has 114 valence electrons. The highest BCUT2D eigenvalue weighted by molar-refractivity contribution is 9.10. The molecule has 0 bridgehead atoms. The molecule has 1 aromatic heterocycles. The first kappa shape index (κ1) is 15.0. The van der Waals surface area contributed by atoms with Crippen LogP contribution in [0.25, 0.3) is 0 Å². The fraction of sp³-hybridized carbons (Fsp3) is 0.294. The zero-order valence-corrected chi connectivity index (χ0v) is 13.7. The van der Waals surface area contributed by atoms with Crippen molar-refractivity contribution in [2.45, 2.75) is 18.9 Å². The Morgan fingerprint density at radius 1 is 1.27 bits per heavy atom. The van der Waals surface area contributed by atoms with Crippen molar-refractivity contribution in [3.05, 3.63) is 58.7 Å². The van der Waals surface area contributed by atoms with E-state index < -0.39 is 0 Å². The van der Waals surface area contributed by atoms with Crippen molar-refractivity contribution in [2.75, 3.05) is 13.1 Å². The Kier molecular flexibility index (Phi) is 4.73. The van der Waals surface area contributed by atoms with Crippen LogP contribution in [0.4, 0.5) is 0 Å². The number of hydrogen-bond donors (Lipinski definition) is 0. The summed E-state index contributed by atoms with van der Waals surface area (Å²) in [6.07, 6.45) is 2.99. The van der Waals surface area contributed by atoms with E-state index in [0.29, 0.717) is 18.8 Å². The van der Waals surface area contributed by atoms with Gasteiger partial charge in [0.2, 0.25) is 11.8 Å². The summed E-state index contributed by atoms with van der Waals surface area (Å²) in [5, 5.41) is 0. The fourth-order valence-electron chi connectivity index (χ4n) is 2.55. The quantitative estimate of drug-likeness (QED) is 0.841. The molecule has 0 radical (unpaired) electrons. The van der Waals surface area contributed by atoms with Crippen LogP contribution in [0.5, 0.6) is 5.88 Å². The molecule has 1 atom stereocenters. The third-order valence-electron chi connectivity index (χ3n) is 3.70. The second kappa shape index (κ2) is 6.92. The van der Waals surface area contributed by atoms with Gasteiger partial charge in [0, 0.05) is 19.2 Å². The fourth-order valence-corrected chi connectivity index (χ4v) is 2.90. The van der Waals surface area contributed by atoms with E-state index in [9.17, 15) is 4.79 Å². The molecular weight excluding hydrogens is 344 g/mol. The number of likely N-dealkylation sites (tertiary alicyclic amines) is 1. The van der Waals surface area contributed by atoms with Crippen LogP contribution in [0, 0.1) is 0 Å². The van der Waals surface area contributed by atoms with Gasteiger partial charge in [-0.3, -0.25) is 4.79 Å². The van der Waals surface area contributed by atoms with Crippen molar-refractivity contribution in [2.24, 2.45) is 0 Å². The van der Waals surface area contributed by atoms with Crippen LogP contribution in [-0.4, -0.2) is 35.0 Å². The largest absolute Gasteiger partial charge is 0.472 e. The number of ether oxygens (including phenoxy) is 1. The van der Waals surface area contributed by atoms with Gasteiger partial charge in [0.05, 0.1) is 17.4 Å². The molecule has 22 heavy (non-hydrogen) atoms. The number of halogens is 1. The highest BCUT2D eigenvalue weighted by Crippen LogP contribution is 2.24. The van der Waals surface area contributed by atoms with Gasteiger partial charge in [-0.05, 0) is 33.6 Å². The Morgan fingerprint density at radius 2 is 2.09 bits per heavy atom. The normalized spacial score (nSPS) is 17.5. The van der Waals surface area contributed by atoms with E-state index >= 15 is 0 Å². The molecule has 5 heteroatoms. The lowest BCUT2D eigenvalue weighted by Gasteiger charge is -2.17. The molecule has 2 aromatic rings. The summed E-state index contributed by atoms with van der Waals surface area (Å²) in [6, 6.07) is 13.6. The molecule has 1 unspecified atom stereocenters. The predicted octanol–water partition coefficient (Wildman–Crippen LogP) is 3.07. The molecule has 2 heterocycles. The number of pyridine rings is 1. The number of benzene rings is 1. The Labute approximate surface area is 138 Å². The van der Waals surface area contributed by atoms with Gasteiger partial charge in [-0.15, -0.1) is 0 Å². The summed E-state index contributed by atoms with van der Waals surface area (Å²) in [5.74, 6) is 0.738. The zero-order valence-electron chi connectivity index (χ0n) is 12.1. The van der Waals surface area contributed by atoms with Gasteiger partial charge in [0.1, 0.15) is 6.10 Å². The monoisotopic (exact) mass is 360 g/mol. The SMILES string of the molecule is O=C(Cc1ccccc1)N1CCC(Oc2ncccc2Br)C1. The van der Waals surface area contributed by atoms with E-state index in [1.807, 2.05) is 47.4 Å². The van der Waals surface area contributed by atoms with Crippen LogP contribution < -0.4 is 4.74 Å². The average molecular weight is 361 g/mol. The van der Waals surface area contributed by atoms with Crippen LogP contribution >= 0.6 is 15.9 Å². The third kappa shape index (κ3) is 3.65. The van der Waals surface area contributed by atoms with E-state index in [0.717, 1.165) is 23.0 Å². The van der Waals surface area contributed by atoms with Gasteiger partial charge >= 0.3 is 0 Å². The van der Waals surface area contributed by atoms with Crippen LogP contribution in [0.15, 0.2) is 53.1 Å². The Balaban J connectivity index is 1.56. The molecule has 1 fully saturated rings. The lowest BCUT2D eigenvalue weighted by atomic mass is 10.1. The first-order chi connectivity index (χ1) is 10.7. The third-order valence-corrected chi connectivity index (χ3v) is 4.30. The maximum absolute atomic E-state index is 12.3. The molecule has 1 saturated heterocycles. The standard InChI is InChI=1S/C17H17BrN2O2/c18-15-7-4-9-19-17(15)22-14-8-10-20(12-14)16(21)11-13-5-2-1-3-6-13/h1-7,9,14H,8,10-12H2. The molecule has 0 N–H and O–H groups in total. The molecule has 3 rings (SSSR count). The van der Waals surface area contributed by atoms with E-state index in [4.69, 9.17) is 4.74 Å². The number of hydrogen-bond acceptors (Lipinski definition) is 3. The topological polar surface area (TPSA) is 42.4 Å². The Bertz CT molecular complexity index is 648. The lowest BCUT2D eigenvalue weighted by Crippen LogP contribution is -2.32. The highest BCUT2D eigenvalue weighted by Gasteiger charge is 2.28. The molecule has 0 saturated carbocycles. The van der Waals surface area contributed by atoms with Crippen LogP contribution in [0.1, 0.15) is 12.0 Å². The molecule has 1 aromatic carbocycles. The molecular formula is C17H17BrN2O2. The first-order valence-electron chi connectivity index (χ1n) is 7.31. The Hall–Kier alpha value is -1.88. The lowest BCUT2D eigenvalue weighted by molar-refractivity contribution is -0.129. The number of rotatable bonds is 4. The van der Waals surface area contributed by atoms with E-state index in [2.05, 4.69) is 20.9 Å². The second-order valence-corrected chi connectivity index (χ2v) is 6.18. The molecule has 0 aliphatic carbocycles. The van der Waals surface area contributed by atoms with Gasteiger partial charge in [-0.25, -0.2) is 4.98 Å². The summed E-state index contributed by atoms with van der Waals surface area (Å²) in [4.78, 5) is 18.4. The van der Waals surface area contributed by atoms with Crippen LogP contribution in [0.3, 0.4) is 0 Å². The number of nitrogens with zero attached hydrogens (tertiary/aromatic N) is 2. The molecule has 0 spiro atoms. The summed E-state index contributed by atoms with van der Waals surface area (Å²) in [6.45, 7) is 1.36. The summed E-state index contributed by atoms with van der Waals surface area (Å²) >= 11 is 3.42. The van der Waals surface area contributed by atoms with Crippen LogP contribution in [0.2, 0.25) is 0 Å². The molecule has 1 aliphatic heterocycles. The van der Waals surface area contributed by atoms with Gasteiger partial charge < -0.3 is 9.64 Å². The van der Waals surface area contributed by atoms with Gasteiger partial charge in [0.15, 0.2) is 0 Å². The molecule has 1 amide bonds. The first-order valence-corrected chi connectivity index (χ1v) is 8.10. The van der Waals surface area contributed by atoms with Gasteiger partial charge in [0.25, 0.3) is 0 Å². The maximum atomic E-state index is 12.3. The smallest absolute Gasteiger partial charge is 0.228 e. The number of aromatic nitrogens is 1. The number of carbonyl (C=O) groups excluding carboxylic acids is 1. The minimum Gasteiger partial charge on any atom is -0.472 e. The molecule has 1 aliphatic rings. The van der Waals surface area contributed by atoms with Gasteiger partial charge in [-0.1, -0.05) is 30.3 Å². The highest BCUT2D eigenvalue weighted by atomic mass is 79.9. The summed E-state index contributed by atoms with van der Waals surface area (Å²) < 4.78 is 6.72. The number of amides is 1. The van der Waals surface area contributed by atoms with Crippen molar-refractivity contribution in [3.63, 3.8) is 0 Å². The number of carbonyl (C=O) groups is 1. The van der Waals surface area contributed by atoms with Crippen molar-refractivity contribution >= 4 is 21.8 Å². The van der Waals surface area contributed by atoms with Gasteiger partial charge in [-0.2, -0.15) is 0 Å². The van der Waals surface area contributed by atoms with E-state index in [1.54, 1.807) is 6.20 Å². The Morgan fingerprint density at radius 3 is 2.86 bits per heavy atom. The maximum Gasteiger partial charge on any atom is 0.228 e. The minimum atomic E-state index is 0.00548. The zero-order chi connectivity index (χ0) is 15.4. The van der Waals surface area contributed by atoms with Crippen molar-refractivity contribution in [1.29, 1.82) is 0 Å². The van der Waals surface area contributed by atoms with Crippen molar-refractivity contribution in [3.8, 4) is 5.88 Å². The van der Waals surface area contributed by atoms with Crippen molar-refractivity contribution in [1.82, 2.24) is 9.88 Å². The average Bonchev–Trinajstić information content (AvgIpc) is 2.99. The van der Waals surface area contributed by atoms with Crippen LogP contribution in [-0.2, 0) is 11.2 Å². The van der Waals surface area contributed by atoms with E-state index in [1.165, 1.54) is 0 Å². The summed E-state index contributed by atoms with van der Waals surface area (Å²) in [5.41, 5.74) is 1.05. The van der Waals surface area contributed by atoms with E-state index in [-0.39, 0.29) is 12.0 Å². The predicted molar refractivity (Wildman–Crippen MR) is 87.7 cm³/mol. The summed E-state index contributed by atoms with van der Waals surface area (Å²) in [7, 11) is 0. The van der Waals surface area contributed by atoms with Crippen molar-refractivity contribution < 1.29 is 9.53 Å². The second-order valence-electron chi connectivity index (χ2n) is 5.32.